The van der Waals surface area contributed by atoms with Crippen molar-refractivity contribution in [2.45, 2.75) is 50.8 Å². The number of hydrogen-bond acceptors (Lipinski definition) is 8. The van der Waals surface area contributed by atoms with Crippen molar-refractivity contribution in [1.82, 2.24) is 9.97 Å². The Morgan fingerprint density at radius 1 is 0.646 bits per heavy atom. The molecule has 48 heavy (non-hydrogen) atoms. The van der Waals surface area contributed by atoms with Gasteiger partial charge < -0.3 is 28.7 Å². The molecule has 0 bridgehead atoms. The fourth-order valence-corrected chi connectivity index (χ4v) is 6.08. The molecule has 7 rings (SSSR count). The molecule has 1 unspecified atom stereocenters. The van der Waals surface area contributed by atoms with Crippen LogP contribution in [0.5, 0.6) is 0 Å². The quantitative estimate of drug-likeness (QED) is 0.117. The van der Waals surface area contributed by atoms with Crippen LogP contribution in [0.25, 0.3) is 11.1 Å². The van der Waals surface area contributed by atoms with E-state index in [0.717, 1.165) is 22.3 Å². The van der Waals surface area contributed by atoms with Gasteiger partial charge in [0.1, 0.15) is 29.9 Å². The minimum atomic E-state index is -0.589. The van der Waals surface area contributed by atoms with Crippen molar-refractivity contribution in [3.8, 4) is 0 Å². The molecule has 3 heterocycles. The summed E-state index contributed by atoms with van der Waals surface area (Å²) in [5.74, 6) is 0.500. The van der Waals surface area contributed by atoms with Gasteiger partial charge in [-0.15, -0.1) is 0 Å². The Hall–Kier alpha value is -4.57. The Bertz CT molecular complexity index is 1880. The molecule has 1 aliphatic heterocycles. The lowest BCUT2D eigenvalue weighted by Crippen LogP contribution is -2.37. The van der Waals surface area contributed by atoms with Gasteiger partial charge in [0, 0.05) is 12.1 Å². The van der Waals surface area contributed by atoms with Gasteiger partial charge in [0.25, 0.3) is 0 Å². The van der Waals surface area contributed by atoms with Gasteiger partial charge in [-0.2, -0.15) is 4.98 Å². The summed E-state index contributed by atoms with van der Waals surface area (Å²) in [6.07, 6.45) is -0.355. The summed E-state index contributed by atoms with van der Waals surface area (Å²) < 4.78 is 32.5. The minimum Gasteiger partial charge on any atom is -0.458 e. The molecule has 1 N–H and O–H groups in total. The molecule has 0 spiro atoms. The van der Waals surface area contributed by atoms with Crippen molar-refractivity contribution < 1.29 is 23.4 Å². The number of nitrogens with one attached hydrogen (secondary N) is 1. The molecule has 0 saturated carbocycles. The maximum absolute atomic E-state index is 6.80. The van der Waals surface area contributed by atoms with E-state index in [2.05, 4.69) is 15.3 Å². The van der Waals surface area contributed by atoms with E-state index in [1.54, 1.807) is 6.26 Å². The number of benzene rings is 4. The topological polar surface area (TPSA) is 87.9 Å². The highest BCUT2D eigenvalue weighted by Crippen LogP contribution is 2.42. The molecule has 0 radical (unpaired) electrons. The number of nitrogens with zero attached hydrogens (tertiary/aromatic N) is 2. The average Bonchev–Trinajstić information content (AvgIpc) is 3.71. The summed E-state index contributed by atoms with van der Waals surface area (Å²) in [7, 11) is 0. The van der Waals surface area contributed by atoms with Crippen molar-refractivity contribution in [2.24, 2.45) is 0 Å². The first-order valence-corrected chi connectivity index (χ1v) is 16.4. The van der Waals surface area contributed by atoms with E-state index in [4.69, 9.17) is 35.0 Å². The van der Waals surface area contributed by atoms with Crippen molar-refractivity contribution >= 4 is 28.5 Å². The Kier molecular flexibility index (Phi) is 10.4. The van der Waals surface area contributed by atoms with Crippen molar-refractivity contribution in [3.63, 3.8) is 0 Å². The lowest BCUT2D eigenvalue weighted by molar-refractivity contribution is -0.0898. The zero-order valence-electron chi connectivity index (χ0n) is 26.3. The standard InChI is InChI=1S/C39H36ClN3O5/c40-39-42-33-31(25-47-36(33)38(43-39)41-21-27-13-5-1-6-14-27)34-37(46-24-30-19-11-4-12-20-30)35(45-23-29-17-9-3-10-18-29)32(48-34)26-44-22-28-15-7-2-8-16-28/h1-20,25,32,34-35,37H,21-24,26H2,(H,41,42,43)/t32-,34?,35-,37+/m1/s1. The second-order valence-corrected chi connectivity index (χ2v) is 12.0. The van der Waals surface area contributed by atoms with Crippen molar-refractivity contribution in [1.29, 1.82) is 0 Å². The van der Waals surface area contributed by atoms with Crippen LogP contribution in [0.2, 0.25) is 5.28 Å². The van der Waals surface area contributed by atoms with E-state index < -0.39 is 24.4 Å². The van der Waals surface area contributed by atoms with Gasteiger partial charge in [-0.1, -0.05) is 121 Å². The number of ether oxygens (including phenoxy) is 4. The average molecular weight is 662 g/mol. The molecule has 0 aliphatic carbocycles. The number of rotatable bonds is 14. The number of aromatic nitrogens is 2. The third-order valence-corrected chi connectivity index (χ3v) is 8.47. The third-order valence-electron chi connectivity index (χ3n) is 8.30. The van der Waals surface area contributed by atoms with Crippen LogP contribution in [-0.4, -0.2) is 34.9 Å². The van der Waals surface area contributed by atoms with Crippen molar-refractivity contribution in [2.75, 3.05) is 11.9 Å². The summed E-state index contributed by atoms with van der Waals surface area (Å²) in [5.41, 5.74) is 6.00. The van der Waals surface area contributed by atoms with Crippen LogP contribution in [0.15, 0.2) is 132 Å². The minimum absolute atomic E-state index is 0.0973. The zero-order chi connectivity index (χ0) is 32.5. The van der Waals surface area contributed by atoms with E-state index in [1.807, 2.05) is 121 Å². The predicted octanol–water partition coefficient (Wildman–Crippen LogP) is 8.32. The van der Waals surface area contributed by atoms with E-state index in [0.29, 0.717) is 55.5 Å². The SMILES string of the molecule is Clc1nc(NCc2ccccc2)c2occ(C3O[C@H](COCc4ccccc4)[C@@H](OCc4ccccc4)[C@H]3OCc3ccccc3)c2n1. The van der Waals surface area contributed by atoms with Gasteiger partial charge in [-0.3, -0.25) is 0 Å². The van der Waals surface area contributed by atoms with Crippen LogP contribution in [0.1, 0.15) is 33.9 Å². The molecule has 1 saturated heterocycles. The number of fused-ring (bicyclic) bond motifs is 1. The van der Waals surface area contributed by atoms with Crippen LogP contribution in [0, 0.1) is 0 Å². The molecule has 4 atom stereocenters. The van der Waals surface area contributed by atoms with Crippen LogP contribution < -0.4 is 5.32 Å². The van der Waals surface area contributed by atoms with Crippen LogP contribution in [0.4, 0.5) is 5.82 Å². The molecule has 4 aromatic carbocycles. The largest absolute Gasteiger partial charge is 0.458 e. The van der Waals surface area contributed by atoms with Gasteiger partial charge in [0.2, 0.25) is 5.28 Å². The predicted molar refractivity (Wildman–Crippen MR) is 184 cm³/mol. The third kappa shape index (κ3) is 7.76. The summed E-state index contributed by atoms with van der Waals surface area (Å²) in [5, 5.41) is 3.46. The van der Waals surface area contributed by atoms with Gasteiger partial charge in [-0.25, -0.2) is 4.98 Å². The monoisotopic (exact) mass is 661 g/mol. The molecule has 8 nitrogen and oxygen atoms in total. The maximum atomic E-state index is 6.80. The highest BCUT2D eigenvalue weighted by atomic mass is 35.5. The Labute approximate surface area is 284 Å². The molecule has 1 fully saturated rings. The summed E-state index contributed by atoms with van der Waals surface area (Å²) in [4.78, 5) is 9.05. The van der Waals surface area contributed by atoms with E-state index in [9.17, 15) is 0 Å². The van der Waals surface area contributed by atoms with Crippen LogP contribution in [-0.2, 0) is 45.3 Å². The second kappa shape index (κ2) is 15.6. The van der Waals surface area contributed by atoms with Crippen LogP contribution in [0.3, 0.4) is 0 Å². The van der Waals surface area contributed by atoms with E-state index >= 15 is 0 Å². The maximum Gasteiger partial charge on any atom is 0.225 e. The Balaban J connectivity index is 1.20. The smallest absolute Gasteiger partial charge is 0.225 e. The first kappa shape index (κ1) is 32.0. The van der Waals surface area contributed by atoms with Crippen LogP contribution >= 0.6 is 11.6 Å². The highest BCUT2D eigenvalue weighted by molar-refractivity contribution is 6.28. The summed E-state index contributed by atoms with van der Waals surface area (Å²) in [6.45, 7) is 2.03. The lowest BCUT2D eigenvalue weighted by Gasteiger charge is -2.25. The number of anilines is 1. The first-order valence-electron chi connectivity index (χ1n) is 16.0. The zero-order valence-corrected chi connectivity index (χ0v) is 27.0. The Morgan fingerprint density at radius 2 is 1.19 bits per heavy atom. The molecule has 0 amide bonds. The normalized spacial score (nSPS) is 19.1. The molecule has 2 aromatic heterocycles. The van der Waals surface area contributed by atoms with Gasteiger partial charge in [0.15, 0.2) is 11.4 Å². The number of hydrogen-bond donors (Lipinski definition) is 1. The van der Waals surface area contributed by atoms with Crippen molar-refractivity contribution in [3.05, 3.63) is 161 Å². The van der Waals surface area contributed by atoms with E-state index in [1.165, 1.54) is 0 Å². The van der Waals surface area contributed by atoms with E-state index in [-0.39, 0.29) is 5.28 Å². The van der Waals surface area contributed by atoms with Gasteiger partial charge in [-0.05, 0) is 33.9 Å². The molecule has 244 valence electrons. The van der Waals surface area contributed by atoms with Gasteiger partial charge >= 0.3 is 0 Å². The number of furan rings is 1. The fraction of sp³-hybridized carbons (Fsp3) is 0.231. The number of halogens is 1. The highest BCUT2D eigenvalue weighted by Gasteiger charge is 2.48. The molecular weight excluding hydrogens is 626 g/mol. The lowest BCUT2D eigenvalue weighted by atomic mass is 10.0. The summed E-state index contributed by atoms with van der Waals surface area (Å²) in [6, 6.07) is 40.3. The molecular formula is C39H36ClN3O5. The summed E-state index contributed by atoms with van der Waals surface area (Å²) >= 11 is 6.50. The second-order valence-electron chi connectivity index (χ2n) is 11.7. The fourth-order valence-electron chi connectivity index (χ4n) is 5.91. The first-order chi connectivity index (χ1) is 23.7. The van der Waals surface area contributed by atoms with Gasteiger partial charge in [0.05, 0.1) is 32.7 Å². The molecule has 1 aliphatic rings. The molecule has 9 heteroatoms. The Morgan fingerprint density at radius 3 is 1.79 bits per heavy atom. The molecule has 6 aromatic rings.